The molecule has 0 unspecified atom stereocenters. The fourth-order valence-electron chi connectivity index (χ4n) is 5.95. The van der Waals surface area contributed by atoms with Gasteiger partial charge in [0.1, 0.15) is 13.3 Å². The second kappa shape index (κ2) is 16.3. The van der Waals surface area contributed by atoms with Crippen LogP contribution in [0.25, 0.3) is 0 Å². The summed E-state index contributed by atoms with van der Waals surface area (Å²) < 4.78 is 18.7. The minimum absolute atomic E-state index is 0.310. The fraction of sp³-hybridized carbons (Fsp3) is 0.500. The molecule has 1 aliphatic rings. The number of rotatable bonds is 10. The zero-order valence-electron chi connectivity index (χ0n) is 30.3. The Bertz CT molecular complexity index is 1610. The van der Waals surface area contributed by atoms with E-state index in [4.69, 9.17) is 29.9 Å². The molecule has 14 heteroatoms. The van der Waals surface area contributed by atoms with Gasteiger partial charge in [0.05, 0.1) is 36.0 Å². The van der Waals surface area contributed by atoms with E-state index in [0.717, 1.165) is 45.6 Å². The highest BCUT2D eigenvalue weighted by Crippen LogP contribution is 2.17. The molecule has 5 rings (SSSR count). The maximum Gasteiger partial charge on any atom is 0.333 e. The van der Waals surface area contributed by atoms with E-state index < -0.39 is 0 Å². The molecule has 0 aromatic carbocycles. The van der Waals surface area contributed by atoms with Gasteiger partial charge in [0, 0.05) is 73.2 Å². The molecule has 4 aromatic rings. The lowest BCUT2D eigenvalue weighted by molar-refractivity contribution is -0.140. The van der Waals surface area contributed by atoms with Crippen LogP contribution in [-0.2, 0) is 58.6 Å². The molecule has 0 saturated heterocycles. The van der Waals surface area contributed by atoms with E-state index in [9.17, 15) is 9.59 Å². The van der Waals surface area contributed by atoms with Gasteiger partial charge >= 0.3 is 11.9 Å². The van der Waals surface area contributed by atoms with Crippen LogP contribution in [-0.4, -0.2) is 87.2 Å². The van der Waals surface area contributed by atoms with Crippen molar-refractivity contribution in [2.24, 2.45) is 0 Å². The third-order valence-electron chi connectivity index (χ3n) is 8.61. The molecule has 14 nitrogen and oxygen atoms in total. The van der Waals surface area contributed by atoms with E-state index in [1.807, 2.05) is 18.7 Å². The Morgan fingerprint density at radius 2 is 0.860 bits per heavy atom. The summed E-state index contributed by atoms with van der Waals surface area (Å²) in [5, 5.41) is 19.9. The predicted molar refractivity (Wildman–Crippen MR) is 188 cm³/mol. The standard InChI is InChI=1S/C36H50N10O4/c1-25(2)35(47)49-13-9-11-41-19-31-15-27(5)43(37-31)23-45-29(7)17-33(39-45)21-42(12-10-14-50-36(48)26(3)4)22-34-18-30(8)46(40-34)24-44-28(6)16-32(20-41)38-44/h15-18H,1,3,9-14,19-24H2,2,4-8H3. The molecule has 0 N–H and O–H groups in total. The van der Waals surface area contributed by atoms with E-state index in [-0.39, 0.29) is 11.9 Å². The summed E-state index contributed by atoms with van der Waals surface area (Å²) in [6.07, 6.45) is 1.33. The van der Waals surface area contributed by atoms with Crippen molar-refractivity contribution >= 4 is 11.9 Å². The number of aryl methyl sites for hydroxylation is 4. The topological polar surface area (TPSA) is 130 Å². The van der Waals surface area contributed by atoms with Crippen LogP contribution in [0.4, 0.5) is 0 Å². The molecule has 0 amide bonds. The number of esters is 2. The minimum Gasteiger partial charge on any atom is -0.462 e. The smallest absolute Gasteiger partial charge is 0.333 e. The zero-order chi connectivity index (χ0) is 35.9. The van der Waals surface area contributed by atoms with E-state index in [2.05, 4.69) is 74.9 Å². The van der Waals surface area contributed by atoms with Crippen molar-refractivity contribution in [2.45, 2.75) is 93.9 Å². The zero-order valence-corrected chi connectivity index (χ0v) is 30.3. The number of carbonyl (C=O) groups is 2. The van der Waals surface area contributed by atoms with Crippen molar-refractivity contribution in [2.75, 3.05) is 26.3 Å². The predicted octanol–water partition coefficient (Wildman–Crippen LogP) is 4.05. The van der Waals surface area contributed by atoms with Crippen LogP contribution in [0.15, 0.2) is 48.6 Å². The summed E-state index contributed by atoms with van der Waals surface area (Å²) >= 11 is 0. The molecule has 0 fully saturated rings. The lowest BCUT2D eigenvalue weighted by Crippen LogP contribution is -2.26. The van der Waals surface area contributed by atoms with Gasteiger partial charge in [-0.2, -0.15) is 20.4 Å². The lowest BCUT2D eigenvalue weighted by atomic mass is 10.2. The van der Waals surface area contributed by atoms with E-state index in [1.165, 1.54) is 0 Å². The van der Waals surface area contributed by atoms with Gasteiger partial charge in [-0.3, -0.25) is 9.80 Å². The van der Waals surface area contributed by atoms with Gasteiger partial charge in [0.25, 0.3) is 0 Å². The van der Waals surface area contributed by atoms with Gasteiger partial charge in [0.2, 0.25) is 0 Å². The Hall–Kier alpha value is -4.82. The summed E-state index contributed by atoms with van der Waals surface area (Å²) in [7, 11) is 0. The van der Waals surface area contributed by atoms with Crippen LogP contribution in [0.5, 0.6) is 0 Å². The number of aromatic nitrogens is 8. The van der Waals surface area contributed by atoms with Crippen molar-refractivity contribution in [3.8, 4) is 0 Å². The molecule has 0 saturated carbocycles. The molecule has 1 aliphatic heterocycles. The SMILES string of the molecule is C=C(C)C(=O)OCCCN1Cc2cc(C)n(n2)Cn2nc(cc2C)CN(CCCOC(=O)C(=C)C)Cc2cc(C)n(n2)Cn2nc(cc2C)C1. The average Bonchev–Trinajstić information content (AvgIpc) is 3.78. The quantitative estimate of drug-likeness (QED) is 0.137. The van der Waals surface area contributed by atoms with Gasteiger partial charge in [0.15, 0.2) is 0 Å². The number of ether oxygens (including phenoxy) is 2. The maximum atomic E-state index is 11.9. The average molecular weight is 687 g/mol. The van der Waals surface area contributed by atoms with Crippen LogP contribution >= 0.6 is 0 Å². The molecule has 0 aliphatic carbocycles. The molecule has 4 aromatic heterocycles. The van der Waals surface area contributed by atoms with Crippen LogP contribution in [0.1, 0.15) is 72.2 Å². The number of hydrogen-bond acceptors (Lipinski definition) is 10. The Morgan fingerprint density at radius 1 is 0.580 bits per heavy atom. The second-order valence-corrected chi connectivity index (χ2v) is 13.4. The highest BCUT2D eigenvalue weighted by Gasteiger charge is 2.18. The van der Waals surface area contributed by atoms with Gasteiger partial charge in [-0.25, -0.2) is 28.3 Å². The van der Waals surface area contributed by atoms with E-state index in [0.29, 0.717) is 89.8 Å². The Kier molecular flexibility index (Phi) is 11.9. The molecular weight excluding hydrogens is 636 g/mol. The number of fused-ring (bicyclic) bond motifs is 8. The first kappa shape index (κ1) is 36.5. The van der Waals surface area contributed by atoms with Gasteiger partial charge in [-0.15, -0.1) is 0 Å². The molecular formula is C36H50N10O4. The van der Waals surface area contributed by atoms with Crippen LogP contribution in [0.3, 0.4) is 0 Å². The first-order valence-electron chi connectivity index (χ1n) is 17.1. The van der Waals surface area contributed by atoms with E-state index in [1.54, 1.807) is 13.8 Å². The van der Waals surface area contributed by atoms with Gasteiger partial charge in [-0.1, -0.05) is 13.2 Å². The Morgan fingerprint density at radius 3 is 1.12 bits per heavy atom. The number of nitrogens with zero attached hydrogens (tertiary/aromatic N) is 10. The summed E-state index contributed by atoms with van der Waals surface area (Å²) in [5.41, 5.74) is 8.69. The Labute approximate surface area is 293 Å². The summed E-state index contributed by atoms with van der Waals surface area (Å²) in [6.45, 7) is 24.3. The largest absolute Gasteiger partial charge is 0.462 e. The van der Waals surface area contributed by atoms with Crippen molar-refractivity contribution in [1.82, 2.24) is 48.9 Å². The molecule has 0 spiro atoms. The van der Waals surface area contributed by atoms with Crippen LogP contribution in [0.2, 0.25) is 0 Å². The van der Waals surface area contributed by atoms with Crippen LogP contribution in [0, 0.1) is 27.7 Å². The minimum atomic E-state index is -0.372. The molecule has 50 heavy (non-hydrogen) atoms. The molecule has 5 heterocycles. The molecule has 8 bridgehead atoms. The van der Waals surface area contributed by atoms with Crippen molar-refractivity contribution in [3.05, 3.63) is 94.1 Å². The highest BCUT2D eigenvalue weighted by atomic mass is 16.5. The van der Waals surface area contributed by atoms with Gasteiger partial charge in [-0.05, 0) is 78.6 Å². The second-order valence-electron chi connectivity index (χ2n) is 13.4. The molecule has 268 valence electrons. The summed E-state index contributed by atoms with van der Waals surface area (Å²) in [4.78, 5) is 28.4. The van der Waals surface area contributed by atoms with E-state index >= 15 is 0 Å². The normalized spacial score (nSPS) is 14.4. The van der Waals surface area contributed by atoms with Crippen molar-refractivity contribution in [3.63, 3.8) is 0 Å². The first-order chi connectivity index (χ1) is 23.8. The molecule has 0 atom stereocenters. The van der Waals surface area contributed by atoms with Gasteiger partial charge < -0.3 is 9.47 Å². The number of carbonyl (C=O) groups excluding carboxylic acids is 2. The Balaban J connectivity index is 1.41. The third kappa shape index (κ3) is 9.66. The van der Waals surface area contributed by atoms with Crippen molar-refractivity contribution < 1.29 is 19.1 Å². The number of hydrogen-bond donors (Lipinski definition) is 0. The maximum absolute atomic E-state index is 11.9. The summed E-state index contributed by atoms with van der Waals surface area (Å²) in [5.74, 6) is -0.744. The van der Waals surface area contributed by atoms with Crippen LogP contribution < -0.4 is 0 Å². The first-order valence-corrected chi connectivity index (χ1v) is 17.1. The highest BCUT2D eigenvalue weighted by molar-refractivity contribution is 5.87. The monoisotopic (exact) mass is 686 g/mol. The lowest BCUT2D eigenvalue weighted by Gasteiger charge is -2.20. The summed E-state index contributed by atoms with van der Waals surface area (Å²) in [6, 6.07) is 8.45. The molecule has 0 radical (unpaired) electrons. The fourth-order valence-corrected chi connectivity index (χ4v) is 5.95. The van der Waals surface area contributed by atoms with Crippen molar-refractivity contribution in [1.29, 1.82) is 0 Å². The third-order valence-corrected chi connectivity index (χ3v) is 8.61.